The van der Waals surface area contributed by atoms with Crippen LogP contribution in [0.25, 0.3) is 10.9 Å². The number of carbonyl (C=O) groups is 1. The van der Waals surface area contributed by atoms with Gasteiger partial charge in [-0.15, -0.1) is 0 Å². The third kappa shape index (κ3) is 3.48. The summed E-state index contributed by atoms with van der Waals surface area (Å²) in [4.78, 5) is 17.1. The summed E-state index contributed by atoms with van der Waals surface area (Å²) < 4.78 is 19.5. The molecule has 0 amide bonds. The largest absolute Gasteiger partial charge is 0.496 e. The number of carboxylic acid groups (broad SMARTS) is 1. The van der Waals surface area contributed by atoms with Crippen molar-refractivity contribution in [1.29, 1.82) is 0 Å². The number of benzene rings is 2. The molecular weight excluding hydrogens is 407 g/mol. The Kier molecular flexibility index (Phi) is 5.05. The first-order chi connectivity index (χ1) is 15.4. The highest BCUT2D eigenvalue weighted by atomic mass is 19.1. The van der Waals surface area contributed by atoms with Gasteiger partial charge in [-0.2, -0.15) is 0 Å². The molecule has 166 valence electrons. The third-order valence-electron chi connectivity index (χ3n) is 7.16. The van der Waals surface area contributed by atoms with Gasteiger partial charge in [0.25, 0.3) is 0 Å². The molecule has 0 saturated carbocycles. The first-order valence-corrected chi connectivity index (χ1v) is 11.0. The number of piperidine rings is 1. The minimum Gasteiger partial charge on any atom is -0.496 e. The molecule has 5 nitrogen and oxygen atoms in total. The van der Waals surface area contributed by atoms with Crippen molar-refractivity contribution in [1.82, 2.24) is 9.88 Å². The number of aromatic amines is 1. The zero-order valence-corrected chi connectivity index (χ0v) is 18.3. The molecular formula is C26H27FN2O3. The van der Waals surface area contributed by atoms with Crippen molar-refractivity contribution >= 4 is 16.9 Å². The maximum atomic E-state index is 13.7. The van der Waals surface area contributed by atoms with Gasteiger partial charge in [-0.1, -0.05) is 12.1 Å². The van der Waals surface area contributed by atoms with Crippen LogP contribution in [-0.4, -0.2) is 34.6 Å². The summed E-state index contributed by atoms with van der Waals surface area (Å²) in [5, 5.41) is 10.4. The molecule has 3 aromatic rings. The van der Waals surface area contributed by atoms with Crippen LogP contribution < -0.4 is 4.74 Å². The maximum Gasteiger partial charge on any atom is 0.335 e. The second-order valence-electron chi connectivity index (χ2n) is 9.14. The van der Waals surface area contributed by atoms with Gasteiger partial charge < -0.3 is 14.8 Å². The van der Waals surface area contributed by atoms with Gasteiger partial charge in [0.1, 0.15) is 5.75 Å². The lowest BCUT2D eigenvalue weighted by molar-refractivity contribution is 0.0521. The summed E-state index contributed by atoms with van der Waals surface area (Å²) in [6.45, 7) is 3.60. The standard InChI is InChI=1S/C26H27FN2O3/c1-16-11-23(32-2)21(20-7-9-28-24(16)20)15-29-10-8-26(12-19(27)13-26)14-22(29)17-3-5-18(6-4-17)25(30)31/h3-7,9,11-12,22,28H,8,10,13-15H2,1-2H3,(H,30,31)/t22-,26?/m0/s1. The molecule has 1 saturated heterocycles. The normalized spacial score (nSPS) is 23.2. The molecule has 6 heteroatoms. The van der Waals surface area contributed by atoms with Crippen LogP contribution >= 0.6 is 0 Å². The van der Waals surface area contributed by atoms with E-state index in [1.807, 2.05) is 18.3 Å². The van der Waals surface area contributed by atoms with Gasteiger partial charge in [-0.05, 0) is 67.8 Å². The van der Waals surface area contributed by atoms with Crippen LogP contribution in [0.1, 0.15) is 52.4 Å². The number of nitrogens with zero attached hydrogens (tertiary/aromatic N) is 1. The number of aromatic carboxylic acids is 1. The Labute approximate surface area is 186 Å². The average molecular weight is 435 g/mol. The van der Waals surface area contributed by atoms with Crippen molar-refractivity contribution in [3.8, 4) is 5.75 Å². The number of methoxy groups -OCH3 is 1. The van der Waals surface area contributed by atoms with Crippen LogP contribution in [0, 0.1) is 12.3 Å². The molecule has 1 fully saturated rings. The molecule has 2 atom stereocenters. The molecule has 2 N–H and O–H groups in total. The first-order valence-electron chi connectivity index (χ1n) is 11.0. The van der Waals surface area contributed by atoms with E-state index >= 15 is 0 Å². The van der Waals surface area contributed by atoms with Gasteiger partial charge in [0, 0.05) is 47.1 Å². The summed E-state index contributed by atoms with van der Waals surface area (Å²) >= 11 is 0. The zero-order chi connectivity index (χ0) is 22.5. The Balaban J connectivity index is 1.52. The number of hydrogen-bond donors (Lipinski definition) is 2. The number of aryl methyl sites for hydroxylation is 1. The molecule has 2 aromatic carbocycles. The van der Waals surface area contributed by atoms with Gasteiger partial charge in [0.05, 0.1) is 18.5 Å². The molecule has 1 spiro atoms. The quantitative estimate of drug-likeness (QED) is 0.536. The monoisotopic (exact) mass is 434 g/mol. The Morgan fingerprint density at radius 2 is 2.06 bits per heavy atom. The van der Waals surface area contributed by atoms with E-state index in [-0.39, 0.29) is 22.8 Å². The van der Waals surface area contributed by atoms with Crippen molar-refractivity contribution in [2.75, 3.05) is 13.7 Å². The number of fused-ring (bicyclic) bond motifs is 1. The average Bonchev–Trinajstić information content (AvgIpc) is 3.26. The Morgan fingerprint density at radius 3 is 2.72 bits per heavy atom. The topological polar surface area (TPSA) is 65.6 Å². The van der Waals surface area contributed by atoms with Crippen LogP contribution in [0.5, 0.6) is 5.75 Å². The molecule has 1 aliphatic carbocycles. The second-order valence-corrected chi connectivity index (χ2v) is 9.14. The van der Waals surface area contributed by atoms with Crippen LogP contribution in [0.3, 0.4) is 0 Å². The van der Waals surface area contributed by atoms with Crippen LogP contribution in [0.2, 0.25) is 0 Å². The SMILES string of the molecule is COc1cc(C)c2[nH]ccc2c1CN1CCC2(C=C(F)C2)C[C@H]1c1ccc(C(=O)O)cc1. The Hall–Kier alpha value is -3.12. The summed E-state index contributed by atoms with van der Waals surface area (Å²) in [6.07, 6.45) is 5.97. The molecule has 5 rings (SSSR count). The number of aromatic nitrogens is 1. The molecule has 1 aliphatic heterocycles. The molecule has 2 heterocycles. The number of allylic oxidation sites excluding steroid dienone is 2. The number of ether oxygens (including phenoxy) is 1. The Morgan fingerprint density at radius 1 is 1.31 bits per heavy atom. The van der Waals surface area contributed by atoms with E-state index in [0.717, 1.165) is 52.7 Å². The van der Waals surface area contributed by atoms with E-state index in [4.69, 9.17) is 4.74 Å². The van der Waals surface area contributed by atoms with E-state index in [2.05, 4.69) is 28.9 Å². The van der Waals surface area contributed by atoms with Gasteiger partial charge >= 0.3 is 5.97 Å². The highest BCUT2D eigenvalue weighted by Gasteiger charge is 2.44. The zero-order valence-electron chi connectivity index (χ0n) is 18.3. The number of hydrogen-bond acceptors (Lipinski definition) is 3. The molecule has 2 aliphatic rings. The van der Waals surface area contributed by atoms with Gasteiger partial charge in [-0.25, -0.2) is 9.18 Å². The number of H-pyrrole nitrogens is 1. The molecule has 32 heavy (non-hydrogen) atoms. The van der Waals surface area contributed by atoms with E-state index in [0.29, 0.717) is 13.0 Å². The summed E-state index contributed by atoms with van der Waals surface area (Å²) in [5.41, 5.74) is 4.62. The number of likely N-dealkylation sites (tertiary alicyclic amines) is 1. The van der Waals surface area contributed by atoms with Crippen molar-refractivity contribution in [3.63, 3.8) is 0 Å². The maximum absolute atomic E-state index is 13.7. The predicted octanol–water partition coefficient (Wildman–Crippen LogP) is 5.76. The van der Waals surface area contributed by atoms with Crippen LogP contribution in [0.4, 0.5) is 4.39 Å². The van der Waals surface area contributed by atoms with Gasteiger partial charge in [0.2, 0.25) is 0 Å². The minimum atomic E-state index is -0.934. The lowest BCUT2D eigenvalue weighted by atomic mass is 9.65. The molecule has 0 radical (unpaired) electrons. The predicted molar refractivity (Wildman–Crippen MR) is 122 cm³/mol. The summed E-state index contributed by atoms with van der Waals surface area (Å²) in [6, 6.07) is 11.3. The minimum absolute atomic E-state index is 0.0207. The Bertz CT molecular complexity index is 1210. The lowest BCUT2D eigenvalue weighted by Crippen LogP contribution is -2.43. The van der Waals surface area contributed by atoms with Crippen molar-refractivity contribution in [3.05, 3.63) is 76.8 Å². The number of nitrogens with one attached hydrogen (secondary N) is 1. The fourth-order valence-corrected chi connectivity index (χ4v) is 5.42. The molecule has 0 bridgehead atoms. The molecule has 1 unspecified atom stereocenters. The summed E-state index contributed by atoms with van der Waals surface area (Å²) in [7, 11) is 1.70. The van der Waals surface area contributed by atoms with E-state index in [1.54, 1.807) is 25.3 Å². The number of halogens is 1. The smallest absolute Gasteiger partial charge is 0.335 e. The van der Waals surface area contributed by atoms with E-state index < -0.39 is 5.97 Å². The molecule has 1 aromatic heterocycles. The van der Waals surface area contributed by atoms with Gasteiger partial charge in [0.15, 0.2) is 0 Å². The fourth-order valence-electron chi connectivity index (χ4n) is 5.42. The van der Waals surface area contributed by atoms with Crippen molar-refractivity contribution in [2.45, 2.75) is 38.8 Å². The summed E-state index contributed by atoms with van der Waals surface area (Å²) in [5.74, 6) is -0.0890. The fraction of sp³-hybridized carbons (Fsp3) is 0.346. The number of rotatable bonds is 5. The number of carboxylic acids is 1. The highest BCUT2D eigenvalue weighted by Crippen LogP contribution is 2.53. The first kappa shape index (κ1) is 20.8. The second kappa shape index (κ2) is 7.78. The van der Waals surface area contributed by atoms with Crippen molar-refractivity contribution < 1.29 is 19.0 Å². The van der Waals surface area contributed by atoms with Crippen molar-refractivity contribution in [2.24, 2.45) is 5.41 Å². The van der Waals surface area contributed by atoms with Crippen LogP contribution in [0.15, 0.2) is 54.5 Å². The van der Waals surface area contributed by atoms with E-state index in [1.165, 1.54) is 0 Å². The van der Waals surface area contributed by atoms with E-state index in [9.17, 15) is 14.3 Å². The third-order valence-corrected chi connectivity index (χ3v) is 7.16. The van der Waals surface area contributed by atoms with Crippen LogP contribution in [-0.2, 0) is 6.54 Å². The lowest BCUT2D eigenvalue weighted by Gasteiger charge is -2.49. The highest BCUT2D eigenvalue weighted by molar-refractivity contribution is 5.88. The van der Waals surface area contributed by atoms with Gasteiger partial charge in [-0.3, -0.25) is 4.90 Å².